The fourth-order valence-electron chi connectivity index (χ4n) is 3.57. The number of nitrogens with zero attached hydrogens (tertiary/aromatic N) is 2. The Balaban J connectivity index is 1.68. The third kappa shape index (κ3) is 6.10. The number of hydrogen-bond acceptors (Lipinski definition) is 7. The van der Waals surface area contributed by atoms with Crippen LogP contribution in [0.15, 0.2) is 41.3 Å². The summed E-state index contributed by atoms with van der Waals surface area (Å²) in [7, 11) is -3.73. The van der Waals surface area contributed by atoms with Crippen LogP contribution in [0.2, 0.25) is 5.02 Å². The molecule has 0 unspecified atom stereocenters. The summed E-state index contributed by atoms with van der Waals surface area (Å²) in [5.74, 6) is -1.71. The highest BCUT2D eigenvalue weighted by atomic mass is 35.5. The molecule has 3 rings (SSSR count). The van der Waals surface area contributed by atoms with Gasteiger partial charge in [0.05, 0.1) is 20.4 Å². The molecular formula is C22H24ClN3O7S. The number of aryl methyl sites for hydroxylation is 1. The maximum Gasteiger partial charge on any atom is 0.340 e. The molecule has 0 radical (unpaired) electrons. The van der Waals surface area contributed by atoms with Gasteiger partial charge in [0.2, 0.25) is 10.0 Å². The van der Waals surface area contributed by atoms with Crippen LogP contribution in [-0.2, 0) is 19.6 Å². The summed E-state index contributed by atoms with van der Waals surface area (Å²) in [6.07, 6.45) is 3.58. The van der Waals surface area contributed by atoms with E-state index in [2.05, 4.69) is 5.32 Å². The number of halogens is 1. The first-order valence-corrected chi connectivity index (χ1v) is 12.4. The molecule has 0 atom stereocenters. The molecule has 182 valence electrons. The van der Waals surface area contributed by atoms with Crippen molar-refractivity contribution in [2.45, 2.75) is 37.5 Å². The van der Waals surface area contributed by atoms with Crippen molar-refractivity contribution >= 4 is 44.9 Å². The molecule has 2 aromatic carbocycles. The van der Waals surface area contributed by atoms with Crippen molar-refractivity contribution in [1.29, 1.82) is 0 Å². The molecule has 1 heterocycles. The molecule has 0 aromatic heterocycles. The number of nitro groups is 1. The normalized spacial score (nSPS) is 14.8. The Bertz CT molecular complexity index is 1210. The zero-order valence-corrected chi connectivity index (χ0v) is 20.0. The minimum absolute atomic E-state index is 0.0575. The number of amides is 1. The maximum atomic E-state index is 13.2. The van der Waals surface area contributed by atoms with Crippen molar-refractivity contribution in [3.05, 3.63) is 62.7 Å². The van der Waals surface area contributed by atoms with E-state index < -0.39 is 33.4 Å². The molecule has 1 fully saturated rings. The maximum absolute atomic E-state index is 13.2. The van der Waals surface area contributed by atoms with Crippen LogP contribution >= 0.6 is 11.6 Å². The number of benzene rings is 2. The fourth-order valence-corrected chi connectivity index (χ4v) is 5.53. The summed E-state index contributed by atoms with van der Waals surface area (Å²) in [6, 6.07) is 7.81. The smallest absolute Gasteiger partial charge is 0.340 e. The van der Waals surface area contributed by atoms with Gasteiger partial charge in [0.15, 0.2) is 6.61 Å². The van der Waals surface area contributed by atoms with Crippen molar-refractivity contribution in [2.75, 3.05) is 25.0 Å². The number of non-ortho nitro benzene ring substituents is 1. The zero-order valence-electron chi connectivity index (χ0n) is 18.5. The number of nitro benzene ring substituents is 1. The Morgan fingerprint density at radius 3 is 2.44 bits per heavy atom. The predicted octanol–water partition coefficient (Wildman–Crippen LogP) is 3.92. The average molecular weight is 510 g/mol. The van der Waals surface area contributed by atoms with E-state index in [-0.39, 0.29) is 26.9 Å². The van der Waals surface area contributed by atoms with Crippen molar-refractivity contribution in [3.63, 3.8) is 0 Å². The molecule has 1 N–H and O–H groups in total. The van der Waals surface area contributed by atoms with Crippen molar-refractivity contribution in [2.24, 2.45) is 0 Å². The van der Waals surface area contributed by atoms with Gasteiger partial charge in [-0.2, -0.15) is 4.31 Å². The number of nitrogens with one attached hydrogen (secondary N) is 1. The van der Waals surface area contributed by atoms with Gasteiger partial charge < -0.3 is 10.1 Å². The largest absolute Gasteiger partial charge is 0.452 e. The summed E-state index contributed by atoms with van der Waals surface area (Å²) in [6.45, 7) is 1.89. The summed E-state index contributed by atoms with van der Waals surface area (Å²) < 4.78 is 32.7. The fraction of sp³-hybridized carbons (Fsp3) is 0.364. The van der Waals surface area contributed by atoms with Gasteiger partial charge in [0.1, 0.15) is 0 Å². The second-order valence-corrected chi connectivity index (χ2v) is 10.2. The van der Waals surface area contributed by atoms with E-state index in [0.717, 1.165) is 37.8 Å². The number of hydrogen-bond donors (Lipinski definition) is 1. The minimum atomic E-state index is -3.73. The molecule has 1 saturated heterocycles. The number of carbonyl (C=O) groups is 2. The summed E-state index contributed by atoms with van der Waals surface area (Å²) in [4.78, 5) is 34.9. The zero-order chi connectivity index (χ0) is 24.9. The summed E-state index contributed by atoms with van der Waals surface area (Å²) in [5.41, 5.74) is 0.186. The molecule has 0 saturated carbocycles. The van der Waals surface area contributed by atoms with Crippen molar-refractivity contribution < 1.29 is 27.7 Å². The Morgan fingerprint density at radius 2 is 1.79 bits per heavy atom. The molecule has 12 heteroatoms. The first kappa shape index (κ1) is 25.6. The van der Waals surface area contributed by atoms with E-state index in [1.807, 2.05) is 0 Å². The van der Waals surface area contributed by atoms with E-state index in [1.165, 1.54) is 16.4 Å². The van der Waals surface area contributed by atoms with E-state index in [1.54, 1.807) is 19.1 Å². The number of carbonyl (C=O) groups excluding carboxylic acids is 2. The first-order valence-electron chi connectivity index (χ1n) is 10.6. The predicted molar refractivity (Wildman–Crippen MR) is 125 cm³/mol. The molecule has 0 aliphatic carbocycles. The number of rotatable bonds is 7. The van der Waals surface area contributed by atoms with Gasteiger partial charge in [-0.05, 0) is 43.5 Å². The SMILES string of the molecule is Cc1ccc(NC(=O)COC(=O)c2cc([N+](=O)[O-])ccc2Cl)cc1S(=O)(=O)N1CCCCCC1. The van der Waals surface area contributed by atoms with Gasteiger partial charge in [-0.1, -0.05) is 30.5 Å². The first-order chi connectivity index (χ1) is 16.1. The average Bonchev–Trinajstić information content (AvgIpc) is 3.09. The van der Waals surface area contributed by atoms with E-state index >= 15 is 0 Å². The molecule has 0 spiro atoms. The van der Waals surface area contributed by atoms with Gasteiger partial charge in [0, 0.05) is 30.9 Å². The number of anilines is 1. The highest BCUT2D eigenvalue weighted by Gasteiger charge is 2.27. The topological polar surface area (TPSA) is 136 Å². The van der Waals surface area contributed by atoms with Crippen molar-refractivity contribution in [1.82, 2.24) is 4.31 Å². The van der Waals surface area contributed by atoms with Gasteiger partial charge in [-0.15, -0.1) is 0 Å². The van der Waals surface area contributed by atoms with Crippen LogP contribution in [0.3, 0.4) is 0 Å². The molecular weight excluding hydrogens is 486 g/mol. The molecule has 34 heavy (non-hydrogen) atoms. The van der Waals surface area contributed by atoms with Crippen molar-refractivity contribution in [3.8, 4) is 0 Å². The standard InChI is InChI=1S/C22H24ClN3O7S/c1-15-6-7-16(12-20(15)34(31,32)25-10-4-2-3-5-11-25)24-21(27)14-33-22(28)18-13-17(26(29)30)8-9-19(18)23/h6-9,12-13H,2-5,10-11,14H2,1H3,(H,24,27). The van der Waals surface area contributed by atoms with Gasteiger partial charge in [-0.3, -0.25) is 14.9 Å². The highest BCUT2D eigenvalue weighted by molar-refractivity contribution is 7.89. The van der Waals surface area contributed by atoms with Crippen LogP contribution in [0.1, 0.15) is 41.6 Å². The lowest BCUT2D eigenvalue weighted by atomic mass is 10.2. The van der Waals surface area contributed by atoms with E-state index in [0.29, 0.717) is 18.7 Å². The Morgan fingerprint density at radius 1 is 1.12 bits per heavy atom. The van der Waals surface area contributed by atoms with Crippen LogP contribution in [0.25, 0.3) is 0 Å². The van der Waals surface area contributed by atoms with Gasteiger partial charge in [-0.25, -0.2) is 13.2 Å². The lowest BCUT2D eigenvalue weighted by molar-refractivity contribution is -0.384. The lowest BCUT2D eigenvalue weighted by Gasteiger charge is -2.21. The second-order valence-electron chi connectivity index (χ2n) is 7.84. The molecule has 1 aliphatic heterocycles. The third-order valence-corrected chi connectivity index (χ3v) is 7.74. The number of ether oxygens (including phenoxy) is 1. The van der Waals surface area contributed by atoms with Crippen LogP contribution in [0.5, 0.6) is 0 Å². The van der Waals surface area contributed by atoms with Gasteiger partial charge in [0.25, 0.3) is 11.6 Å². The monoisotopic (exact) mass is 509 g/mol. The Labute approximate surface area is 202 Å². The molecule has 2 aromatic rings. The third-order valence-electron chi connectivity index (χ3n) is 5.37. The molecule has 1 aliphatic rings. The van der Waals surface area contributed by atoms with E-state index in [4.69, 9.17) is 16.3 Å². The minimum Gasteiger partial charge on any atom is -0.452 e. The van der Waals surface area contributed by atoms with Gasteiger partial charge >= 0.3 is 5.97 Å². The number of esters is 1. The Hall–Kier alpha value is -3.02. The molecule has 10 nitrogen and oxygen atoms in total. The number of sulfonamides is 1. The van der Waals surface area contributed by atoms with E-state index in [9.17, 15) is 28.1 Å². The summed E-state index contributed by atoms with van der Waals surface area (Å²) >= 11 is 5.91. The molecule has 0 bridgehead atoms. The van der Waals surface area contributed by atoms with Crippen LogP contribution in [0, 0.1) is 17.0 Å². The van der Waals surface area contributed by atoms with Crippen LogP contribution in [0.4, 0.5) is 11.4 Å². The quantitative estimate of drug-likeness (QED) is 0.339. The Kier molecular flexibility index (Phi) is 8.24. The second kappa shape index (κ2) is 10.9. The van der Waals surface area contributed by atoms with Crippen LogP contribution < -0.4 is 5.32 Å². The summed E-state index contributed by atoms with van der Waals surface area (Å²) in [5, 5.41) is 13.3. The molecule has 1 amide bonds. The lowest BCUT2D eigenvalue weighted by Crippen LogP contribution is -2.32. The highest BCUT2D eigenvalue weighted by Crippen LogP contribution is 2.26. The van der Waals surface area contributed by atoms with Crippen LogP contribution in [-0.4, -0.2) is 49.2 Å².